The Kier molecular flexibility index (Phi) is 8.51. The molecule has 2 aromatic carbocycles. The van der Waals surface area contributed by atoms with E-state index in [9.17, 15) is 9.59 Å². The minimum absolute atomic E-state index is 0.0503. The Morgan fingerprint density at radius 3 is 2.50 bits per heavy atom. The molecule has 0 radical (unpaired) electrons. The van der Waals surface area contributed by atoms with Crippen LogP contribution in [-0.2, 0) is 20.7 Å². The molecule has 10 nitrogen and oxygen atoms in total. The maximum Gasteiger partial charge on any atom is 0.243 e. The second kappa shape index (κ2) is 12.2. The summed E-state index contributed by atoms with van der Waals surface area (Å²) in [6, 6.07) is 15.1. The molecular weight excluding hydrogens is 462 g/mol. The molecule has 0 unspecified atom stereocenters. The molecule has 4 rings (SSSR count). The lowest BCUT2D eigenvalue weighted by atomic mass is 10.2. The fraction of sp³-hybridized carbons (Fsp3) is 0.385. The van der Waals surface area contributed by atoms with Crippen molar-refractivity contribution in [1.29, 1.82) is 0 Å². The van der Waals surface area contributed by atoms with E-state index < -0.39 is 0 Å². The lowest BCUT2D eigenvalue weighted by Crippen LogP contribution is -2.36. The van der Waals surface area contributed by atoms with E-state index in [0.717, 1.165) is 43.3 Å². The molecule has 0 spiro atoms. The van der Waals surface area contributed by atoms with Crippen molar-refractivity contribution in [3.63, 3.8) is 0 Å². The third-order valence-corrected chi connectivity index (χ3v) is 5.78. The van der Waals surface area contributed by atoms with E-state index in [-0.39, 0.29) is 31.2 Å². The Hall–Kier alpha value is -3.92. The van der Waals surface area contributed by atoms with Crippen molar-refractivity contribution in [1.82, 2.24) is 15.0 Å². The Labute approximate surface area is 210 Å². The van der Waals surface area contributed by atoms with Crippen molar-refractivity contribution in [2.75, 3.05) is 56.7 Å². The van der Waals surface area contributed by atoms with Gasteiger partial charge in [-0.3, -0.25) is 9.59 Å². The van der Waals surface area contributed by atoms with Crippen LogP contribution in [0, 0.1) is 0 Å². The Morgan fingerprint density at radius 1 is 1.08 bits per heavy atom. The van der Waals surface area contributed by atoms with Gasteiger partial charge in [0.15, 0.2) is 0 Å². The number of morpholine rings is 1. The number of ether oxygens (including phenoxy) is 2. The van der Waals surface area contributed by atoms with Crippen LogP contribution in [0.25, 0.3) is 11.4 Å². The number of hydrogen-bond acceptors (Lipinski definition) is 8. The van der Waals surface area contributed by atoms with Gasteiger partial charge in [0, 0.05) is 49.9 Å². The molecule has 1 saturated heterocycles. The van der Waals surface area contributed by atoms with E-state index in [1.807, 2.05) is 55.5 Å². The number of hydrogen-bond donors (Lipinski definition) is 1. The SMILES string of the molecule is CCOc1ccc(-c2noc(CCC(=O)N(C)CC(=O)Nc3ccc(N4CCOCC4)cc3)n2)cc1. The van der Waals surface area contributed by atoms with E-state index in [1.54, 1.807) is 7.05 Å². The smallest absolute Gasteiger partial charge is 0.243 e. The molecular formula is C26H31N5O5. The summed E-state index contributed by atoms with van der Waals surface area (Å²) < 4.78 is 16.1. The number of carbonyl (C=O) groups excluding carboxylic acids is 2. The van der Waals surface area contributed by atoms with Gasteiger partial charge >= 0.3 is 0 Å². The average Bonchev–Trinajstić information content (AvgIpc) is 3.38. The number of benzene rings is 2. The number of likely N-dealkylation sites (N-methyl/N-ethyl adjacent to an activating group) is 1. The van der Waals surface area contributed by atoms with E-state index in [4.69, 9.17) is 14.0 Å². The maximum absolute atomic E-state index is 12.5. The summed E-state index contributed by atoms with van der Waals surface area (Å²) in [6.07, 6.45) is 0.445. The average molecular weight is 494 g/mol. The highest BCUT2D eigenvalue weighted by Gasteiger charge is 2.16. The number of aromatic nitrogens is 2. The first-order chi connectivity index (χ1) is 17.5. The maximum atomic E-state index is 12.5. The van der Waals surface area contributed by atoms with E-state index in [2.05, 4.69) is 20.4 Å². The lowest BCUT2D eigenvalue weighted by molar-refractivity contribution is -0.133. The normalized spacial score (nSPS) is 13.3. The van der Waals surface area contributed by atoms with E-state index >= 15 is 0 Å². The van der Waals surface area contributed by atoms with Crippen molar-refractivity contribution >= 4 is 23.2 Å². The van der Waals surface area contributed by atoms with Gasteiger partial charge in [0.1, 0.15) is 5.75 Å². The Morgan fingerprint density at radius 2 is 1.81 bits per heavy atom. The van der Waals surface area contributed by atoms with Gasteiger partial charge in [0.2, 0.25) is 23.5 Å². The molecule has 0 saturated carbocycles. The highest BCUT2D eigenvalue weighted by Crippen LogP contribution is 2.21. The standard InChI is InChI=1S/C26H31N5O5/c1-3-35-22-10-4-19(5-11-22)26-28-24(36-29-26)12-13-25(33)30(2)18-23(32)27-20-6-8-21(9-7-20)31-14-16-34-17-15-31/h4-11H,3,12-18H2,1-2H3,(H,27,32). The fourth-order valence-electron chi connectivity index (χ4n) is 3.83. The molecule has 0 aliphatic carbocycles. The van der Waals surface area contributed by atoms with Crippen LogP contribution in [0.4, 0.5) is 11.4 Å². The summed E-state index contributed by atoms with van der Waals surface area (Å²) in [6.45, 7) is 5.61. The lowest BCUT2D eigenvalue weighted by Gasteiger charge is -2.28. The molecule has 2 amide bonds. The highest BCUT2D eigenvalue weighted by atomic mass is 16.5. The zero-order valence-corrected chi connectivity index (χ0v) is 20.6. The topological polar surface area (TPSA) is 110 Å². The van der Waals surface area contributed by atoms with Crippen molar-refractivity contribution in [2.45, 2.75) is 19.8 Å². The van der Waals surface area contributed by atoms with Crippen molar-refractivity contribution in [2.24, 2.45) is 0 Å². The number of amides is 2. The zero-order chi connectivity index (χ0) is 25.3. The molecule has 2 heterocycles. The van der Waals surface area contributed by atoms with Gasteiger partial charge in [-0.05, 0) is 55.5 Å². The fourth-order valence-corrected chi connectivity index (χ4v) is 3.83. The second-order valence-corrected chi connectivity index (χ2v) is 8.41. The van der Waals surface area contributed by atoms with Crippen molar-refractivity contribution < 1.29 is 23.6 Å². The van der Waals surface area contributed by atoms with Crippen LogP contribution >= 0.6 is 0 Å². The Balaban J connectivity index is 1.22. The molecule has 3 aromatic rings. The van der Waals surface area contributed by atoms with E-state index in [1.165, 1.54) is 4.90 Å². The summed E-state index contributed by atoms with van der Waals surface area (Å²) in [5, 5.41) is 6.83. The van der Waals surface area contributed by atoms with Crippen molar-refractivity contribution in [3.05, 3.63) is 54.4 Å². The second-order valence-electron chi connectivity index (χ2n) is 8.41. The Bertz CT molecular complexity index is 1140. The number of nitrogens with one attached hydrogen (secondary N) is 1. The van der Waals surface area contributed by atoms with Crippen LogP contribution in [0.3, 0.4) is 0 Å². The quantitative estimate of drug-likeness (QED) is 0.459. The molecule has 1 aliphatic rings. The van der Waals surface area contributed by atoms with E-state index in [0.29, 0.717) is 24.0 Å². The summed E-state index contributed by atoms with van der Waals surface area (Å²) >= 11 is 0. The monoisotopic (exact) mass is 493 g/mol. The third kappa shape index (κ3) is 6.82. The molecule has 36 heavy (non-hydrogen) atoms. The minimum Gasteiger partial charge on any atom is -0.494 e. The van der Waals surface area contributed by atoms with Crippen LogP contribution in [0.5, 0.6) is 5.75 Å². The molecule has 0 atom stereocenters. The van der Waals surface area contributed by atoms with Gasteiger partial charge in [0.05, 0.1) is 26.4 Å². The van der Waals surface area contributed by atoms with Crippen LogP contribution in [0.2, 0.25) is 0 Å². The number of anilines is 2. The first-order valence-electron chi connectivity index (χ1n) is 12.0. The largest absolute Gasteiger partial charge is 0.494 e. The summed E-state index contributed by atoms with van der Waals surface area (Å²) in [5.74, 6) is 1.14. The van der Waals surface area contributed by atoms with Gasteiger partial charge in [0.25, 0.3) is 0 Å². The summed E-state index contributed by atoms with van der Waals surface area (Å²) in [4.78, 5) is 33.0. The summed E-state index contributed by atoms with van der Waals surface area (Å²) in [7, 11) is 1.60. The molecule has 0 bridgehead atoms. The highest BCUT2D eigenvalue weighted by molar-refractivity contribution is 5.94. The van der Waals surface area contributed by atoms with Crippen LogP contribution in [0.1, 0.15) is 19.2 Å². The number of aryl methyl sites for hydroxylation is 1. The van der Waals surface area contributed by atoms with Crippen molar-refractivity contribution in [3.8, 4) is 17.1 Å². The number of nitrogens with zero attached hydrogens (tertiary/aromatic N) is 4. The third-order valence-electron chi connectivity index (χ3n) is 5.78. The number of carbonyl (C=O) groups is 2. The molecule has 1 fully saturated rings. The van der Waals surface area contributed by atoms with Crippen LogP contribution in [0.15, 0.2) is 53.1 Å². The molecule has 1 aromatic heterocycles. The minimum atomic E-state index is -0.263. The molecule has 1 aliphatic heterocycles. The van der Waals surface area contributed by atoms with Gasteiger partial charge in [-0.2, -0.15) is 4.98 Å². The first kappa shape index (κ1) is 25.2. The first-order valence-corrected chi connectivity index (χ1v) is 12.0. The summed E-state index contributed by atoms with van der Waals surface area (Å²) in [5.41, 5.74) is 2.58. The molecule has 1 N–H and O–H groups in total. The predicted molar refractivity (Wildman–Crippen MR) is 135 cm³/mol. The van der Waals surface area contributed by atoms with Crippen LogP contribution < -0.4 is 15.0 Å². The van der Waals surface area contributed by atoms with Gasteiger partial charge < -0.3 is 29.1 Å². The van der Waals surface area contributed by atoms with Crippen LogP contribution in [-0.4, -0.2) is 73.4 Å². The predicted octanol–water partition coefficient (Wildman–Crippen LogP) is 3.00. The molecule has 10 heteroatoms. The zero-order valence-electron chi connectivity index (χ0n) is 20.6. The number of rotatable bonds is 10. The van der Waals surface area contributed by atoms with Gasteiger partial charge in [-0.15, -0.1) is 0 Å². The van der Waals surface area contributed by atoms with Gasteiger partial charge in [-0.1, -0.05) is 5.16 Å². The van der Waals surface area contributed by atoms with Gasteiger partial charge in [-0.25, -0.2) is 0 Å². The molecule has 190 valence electrons.